The van der Waals surface area contributed by atoms with Gasteiger partial charge in [0.15, 0.2) is 0 Å². The molecule has 1 heterocycles. The molecule has 1 aromatic rings. The molecule has 0 radical (unpaired) electrons. The lowest BCUT2D eigenvalue weighted by Crippen LogP contribution is -2.07. The van der Waals surface area contributed by atoms with Crippen molar-refractivity contribution in [2.75, 3.05) is 5.32 Å². The number of hydrogen-bond acceptors (Lipinski definition) is 3. The minimum atomic E-state index is -0.923. The van der Waals surface area contributed by atoms with E-state index < -0.39 is 5.97 Å². The highest BCUT2D eigenvalue weighted by molar-refractivity contribution is 5.89. The van der Waals surface area contributed by atoms with Crippen molar-refractivity contribution in [3.8, 4) is 0 Å². The van der Waals surface area contributed by atoms with Crippen LogP contribution in [-0.4, -0.2) is 22.1 Å². The largest absolute Gasteiger partial charge is 0.478 e. The summed E-state index contributed by atoms with van der Waals surface area (Å²) in [4.78, 5) is 14.9. The van der Waals surface area contributed by atoms with Crippen LogP contribution in [0.2, 0.25) is 0 Å². The van der Waals surface area contributed by atoms with Crippen LogP contribution >= 0.6 is 0 Å². The van der Waals surface area contributed by atoms with E-state index >= 15 is 0 Å². The number of nitrogens with zero attached hydrogens (tertiary/aromatic N) is 1. The molecule has 1 aromatic heterocycles. The van der Waals surface area contributed by atoms with Gasteiger partial charge in [-0.2, -0.15) is 0 Å². The van der Waals surface area contributed by atoms with Crippen molar-refractivity contribution in [1.82, 2.24) is 4.98 Å². The van der Waals surface area contributed by atoms with E-state index in [9.17, 15) is 4.79 Å². The van der Waals surface area contributed by atoms with Gasteiger partial charge in [0, 0.05) is 6.04 Å². The van der Waals surface area contributed by atoms with E-state index in [4.69, 9.17) is 5.11 Å². The fraction of sp³-hybridized carbons (Fsp3) is 0.400. The van der Waals surface area contributed by atoms with Crippen molar-refractivity contribution in [2.24, 2.45) is 0 Å². The van der Waals surface area contributed by atoms with Crippen molar-refractivity contribution in [2.45, 2.75) is 25.8 Å². The van der Waals surface area contributed by atoms with E-state index in [1.165, 1.54) is 12.8 Å². The lowest BCUT2D eigenvalue weighted by atomic mass is 10.2. The van der Waals surface area contributed by atoms with Gasteiger partial charge in [-0.15, -0.1) is 0 Å². The highest BCUT2D eigenvalue weighted by atomic mass is 16.4. The van der Waals surface area contributed by atoms with Gasteiger partial charge >= 0.3 is 5.97 Å². The molecule has 1 fully saturated rings. The Kier molecular flexibility index (Phi) is 2.11. The third kappa shape index (κ3) is 1.84. The summed E-state index contributed by atoms with van der Waals surface area (Å²) >= 11 is 0. The Bertz CT molecular complexity index is 372. The average molecular weight is 192 g/mol. The molecule has 1 aliphatic rings. The molecule has 0 unspecified atom stereocenters. The molecule has 0 bridgehead atoms. The molecule has 0 spiro atoms. The molecular weight excluding hydrogens is 180 g/mol. The lowest BCUT2D eigenvalue weighted by molar-refractivity contribution is 0.0695. The Morgan fingerprint density at radius 3 is 2.79 bits per heavy atom. The van der Waals surface area contributed by atoms with Crippen LogP contribution in [0, 0.1) is 6.92 Å². The number of carbonyl (C=O) groups is 1. The first-order valence-corrected chi connectivity index (χ1v) is 4.64. The van der Waals surface area contributed by atoms with Crippen molar-refractivity contribution >= 4 is 11.8 Å². The highest BCUT2D eigenvalue weighted by Crippen LogP contribution is 2.24. The Labute approximate surface area is 82.0 Å². The zero-order valence-electron chi connectivity index (χ0n) is 7.95. The van der Waals surface area contributed by atoms with E-state index in [0.29, 0.717) is 11.7 Å². The van der Waals surface area contributed by atoms with Crippen molar-refractivity contribution < 1.29 is 9.90 Å². The van der Waals surface area contributed by atoms with Gasteiger partial charge in [0.05, 0.1) is 11.3 Å². The van der Waals surface area contributed by atoms with Crippen LogP contribution in [0.1, 0.15) is 28.9 Å². The smallest absolute Gasteiger partial charge is 0.337 e. The zero-order chi connectivity index (χ0) is 10.1. The molecule has 4 heteroatoms. The van der Waals surface area contributed by atoms with Crippen molar-refractivity contribution in [1.29, 1.82) is 0 Å². The van der Waals surface area contributed by atoms with Gasteiger partial charge in [-0.05, 0) is 31.9 Å². The van der Waals surface area contributed by atoms with E-state index in [2.05, 4.69) is 10.3 Å². The van der Waals surface area contributed by atoms with E-state index in [1.807, 2.05) is 0 Å². The molecule has 4 nitrogen and oxygen atoms in total. The van der Waals surface area contributed by atoms with Crippen LogP contribution in [-0.2, 0) is 0 Å². The summed E-state index contributed by atoms with van der Waals surface area (Å²) in [5.74, 6) is -0.150. The summed E-state index contributed by atoms with van der Waals surface area (Å²) in [6.07, 6.45) is 2.36. The van der Waals surface area contributed by atoms with Gasteiger partial charge in [0.1, 0.15) is 5.82 Å². The van der Waals surface area contributed by atoms with Gasteiger partial charge < -0.3 is 10.4 Å². The number of nitrogens with one attached hydrogen (secondary N) is 1. The number of aryl methyl sites for hydroxylation is 1. The van der Waals surface area contributed by atoms with Gasteiger partial charge in [0.2, 0.25) is 0 Å². The van der Waals surface area contributed by atoms with E-state index in [1.54, 1.807) is 19.1 Å². The van der Waals surface area contributed by atoms with E-state index in [0.717, 1.165) is 5.82 Å². The second kappa shape index (κ2) is 3.29. The maximum Gasteiger partial charge on any atom is 0.337 e. The Morgan fingerprint density at radius 2 is 2.29 bits per heavy atom. The second-order valence-electron chi connectivity index (χ2n) is 3.55. The van der Waals surface area contributed by atoms with E-state index in [-0.39, 0.29) is 5.56 Å². The van der Waals surface area contributed by atoms with Crippen LogP contribution < -0.4 is 5.32 Å². The molecular formula is C10H12N2O2. The third-order valence-electron chi connectivity index (χ3n) is 2.25. The first kappa shape index (κ1) is 8.99. The summed E-state index contributed by atoms with van der Waals surface area (Å²) < 4.78 is 0. The minimum absolute atomic E-state index is 0.270. The first-order valence-electron chi connectivity index (χ1n) is 4.64. The van der Waals surface area contributed by atoms with Crippen LogP contribution in [0.15, 0.2) is 12.1 Å². The molecule has 0 atom stereocenters. The van der Waals surface area contributed by atoms with Crippen molar-refractivity contribution in [3.63, 3.8) is 0 Å². The maximum absolute atomic E-state index is 10.7. The molecule has 74 valence electrons. The number of pyridine rings is 1. The summed E-state index contributed by atoms with van der Waals surface area (Å²) in [5, 5.41) is 12.0. The molecule has 0 amide bonds. The first-order chi connectivity index (χ1) is 6.66. The number of anilines is 1. The predicted octanol–water partition coefficient (Wildman–Crippen LogP) is 1.66. The topological polar surface area (TPSA) is 62.2 Å². The summed E-state index contributed by atoms with van der Waals surface area (Å²) in [7, 11) is 0. The highest BCUT2D eigenvalue weighted by Gasteiger charge is 2.21. The average Bonchev–Trinajstić information content (AvgIpc) is 2.87. The predicted molar refractivity (Wildman–Crippen MR) is 52.6 cm³/mol. The van der Waals surface area contributed by atoms with Crippen LogP contribution in [0.3, 0.4) is 0 Å². The van der Waals surface area contributed by atoms with Gasteiger partial charge in [-0.1, -0.05) is 0 Å². The normalized spacial score (nSPS) is 15.2. The molecule has 1 aliphatic carbocycles. The summed E-state index contributed by atoms with van der Waals surface area (Å²) in [6, 6.07) is 3.85. The minimum Gasteiger partial charge on any atom is -0.478 e. The number of carboxylic acid groups (broad SMARTS) is 1. The standard InChI is InChI=1S/C10H12N2O2/c1-6-8(10(13)14)4-5-9(11-6)12-7-2-3-7/h4-5,7H,2-3H2,1H3,(H,11,12)(H,13,14). The number of aromatic carboxylic acids is 1. The number of carboxylic acids is 1. The zero-order valence-corrected chi connectivity index (χ0v) is 7.95. The number of aromatic nitrogens is 1. The SMILES string of the molecule is Cc1nc(NC2CC2)ccc1C(=O)O. The Balaban J connectivity index is 2.20. The van der Waals surface area contributed by atoms with Crippen LogP contribution in [0.25, 0.3) is 0 Å². The van der Waals surface area contributed by atoms with Crippen LogP contribution in [0.5, 0.6) is 0 Å². The lowest BCUT2D eigenvalue weighted by Gasteiger charge is -2.05. The molecule has 0 aromatic carbocycles. The van der Waals surface area contributed by atoms with Gasteiger partial charge in [-0.3, -0.25) is 0 Å². The molecule has 1 saturated carbocycles. The number of hydrogen-bond donors (Lipinski definition) is 2. The molecule has 2 N–H and O–H groups in total. The summed E-state index contributed by atoms with van der Waals surface area (Å²) in [6.45, 7) is 1.71. The fourth-order valence-electron chi connectivity index (χ4n) is 1.30. The molecule has 0 saturated heterocycles. The fourth-order valence-corrected chi connectivity index (χ4v) is 1.30. The molecule has 14 heavy (non-hydrogen) atoms. The summed E-state index contributed by atoms with van der Waals surface area (Å²) in [5.41, 5.74) is 0.828. The second-order valence-corrected chi connectivity index (χ2v) is 3.55. The monoisotopic (exact) mass is 192 g/mol. The van der Waals surface area contributed by atoms with Gasteiger partial charge in [0.25, 0.3) is 0 Å². The quantitative estimate of drug-likeness (QED) is 0.764. The maximum atomic E-state index is 10.7. The molecule has 2 rings (SSSR count). The number of rotatable bonds is 3. The van der Waals surface area contributed by atoms with Gasteiger partial charge in [-0.25, -0.2) is 9.78 Å². The Hall–Kier alpha value is -1.58. The third-order valence-corrected chi connectivity index (χ3v) is 2.25. The van der Waals surface area contributed by atoms with Crippen molar-refractivity contribution in [3.05, 3.63) is 23.4 Å². The molecule has 0 aliphatic heterocycles. The Morgan fingerprint density at radius 1 is 1.57 bits per heavy atom. The van der Waals surface area contributed by atoms with Crippen LogP contribution in [0.4, 0.5) is 5.82 Å².